The minimum absolute atomic E-state index is 0.0848. The number of aryl methyl sites for hydroxylation is 2. The Bertz CT molecular complexity index is 604. The van der Waals surface area contributed by atoms with Crippen LogP contribution in [-0.4, -0.2) is 22.7 Å². The molecular formula is C14H15F2N3O2. The van der Waals surface area contributed by atoms with E-state index < -0.39 is 6.61 Å². The highest BCUT2D eigenvalue weighted by Crippen LogP contribution is 2.15. The van der Waals surface area contributed by atoms with Crippen LogP contribution in [0, 0.1) is 13.8 Å². The van der Waals surface area contributed by atoms with Crippen molar-refractivity contribution in [3.63, 3.8) is 0 Å². The SMILES string of the molecule is Cc1n[nH]c(C)c1C(=O)NCc1ccc(OC(F)F)cc1. The number of carbonyl (C=O) groups excluding carboxylic acids is 1. The molecule has 1 amide bonds. The van der Waals surface area contributed by atoms with Gasteiger partial charge in [0.2, 0.25) is 0 Å². The third-order valence-corrected chi connectivity index (χ3v) is 2.96. The number of carbonyl (C=O) groups is 1. The molecule has 0 aliphatic rings. The van der Waals surface area contributed by atoms with E-state index in [1.807, 2.05) is 0 Å². The number of hydrogen-bond donors (Lipinski definition) is 2. The molecule has 0 fully saturated rings. The summed E-state index contributed by atoms with van der Waals surface area (Å²) in [7, 11) is 0. The Balaban J connectivity index is 1.95. The van der Waals surface area contributed by atoms with E-state index in [2.05, 4.69) is 20.3 Å². The fraction of sp³-hybridized carbons (Fsp3) is 0.286. The van der Waals surface area contributed by atoms with E-state index in [-0.39, 0.29) is 18.2 Å². The van der Waals surface area contributed by atoms with E-state index in [1.54, 1.807) is 26.0 Å². The van der Waals surface area contributed by atoms with Crippen LogP contribution in [0.25, 0.3) is 0 Å². The maximum absolute atomic E-state index is 12.0. The van der Waals surface area contributed by atoms with Gasteiger partial charge in [0.25, 0.3) is 5.91 Å². The fourth-order valence-electron chi connectivity index (χ4n) is 1.94. The summed E-state index contributed by atoms with van der Waals surface area (Å²) < 4.78 is 28.3. The van der Waals surface area contributed by atoms with Crippen molar-refractivity contribution in [3.05, 3.63) is 46.8 Å². The molecule has 0 spiro atoms. The summed E-state index contributed by atoms with van der Waals surface area (Å²) in [6.45, 7) is 0.959. The molecule has 0 aliphatic carbocycles. The van der Waals surface area contributed by atoms with Gasteiger partial charge in [0, 0.05) is 12.2 Å². The van der Waals surface area contributed by atoms with Crippen molar-refractivity contribution in [2.75, 3.05) is 0 Å². The second-order valence-corrected chi connectivity index (χ2v) is 4.51. The largest absolute Gasteiger partial charge is 0.435 e. The van der Waals surface area contributed by atoms with Gasteiger partial charge in [-0.25, -0.2) is 0 Å². The zero-order valence-corrected chi connectivity index (χ0v) is 11.6. The second kappa shape index (κ2) is 6.34. The lowest BCUT2D eigenvalue weighted by Crippen LogP contribution is -2.23. The molecule has 0 bridgehead atoms. The van der Waals surface area contributed by atoms with Gasteiger partial charge >= 0.3 is 6.61 Å². The van der Waals surface area contributed by atoms with E-state index in [4.69, 9.17) is 0 Å². The predicted molar refractivity (Wildman–Crippen MR) is 72.3 cm³/mol. The van der Waals surface area contributed by atoms with E-state index >= 15 is 0 Å². The van der Waals surface area contributed by atoms with E-state index in [9.17, 15) is 13.6 Å². The number of aromatic amines is 1. The average molecular weight is 295 g/mol. The molecule has 1 heterocycles. The number of aromatic nitrogens is 2. The Hall–Kier alpha value is -2.44. The summed E-state index contributed by atoms with van der Waals surface area (Å²) in [5.41, 5.74) is 2.63. The highest BCUT2D eigenvalue weighted by Gasteiger charge is 2.14. The molecule has 2 rings (SSSR count). The molecule has 0 saturated heterocycles. The lowest BCUT2D eigenvalue weighted by atomic mass is 10.1. The van der Waals surface area contributed by atoms with Crippen molar-refractivity contribution < 1.29 is 18.3 Å². The number of hydrogen-bond acceptors (Lipinski definition) is 3. The van der Waals surface area contributed by atoms with Crippen molar-refractivity contribution in [1.82, 2.24) is 15.5 Å². The van der Waals surface area contributed by atoms with Crippen LogP contribution < -0.4 is 10.1 Å². The van der Waals surface area contributed by atoms with Crippen LogP contribution in [0.3, 0.4) is 0 Å². The summed E-state index contributed by atoms with van der Waals surface area (Å²) in [6, 6.07) is 6.10. The Kier molecular flexibility index (Phi) is 4.52. The van der Waals surface area contributed by atoms with Crippen molar-refractivity contribution in [2.24, 2.45) is 0 Å². The molecule has 2 N–H and O–H groups in total. The minimum Gasteiger partial charge on any atom is -0.435 e. The summed E-state index contributed by atoms with van der Waals surface area (Å²) in [4.78, 5) is 12.0. The molecule has 0 saturated carbocycles. The monoisotopic (exact) mass is 295 g/mol. The molecule has 21 heavy (non-hydrogen) atoms. The molecule has 2 aromatic rings. The van der Waals surface area contributed by atoms with Gasteiger partial charge in [0.1, 0.15) is 5.75 Å². The number of amides is 1. The standard InChI is InChI=1S/C14H15F2N3O2/c1-8-12(9(2)19-18-8)13(20)17-7-10-3-5-11(6-4-10)21-14(15)16/h3-6,14H,7H2,1-2H3,(H,17,20)(H,18,19). The van der Waals surface area contributed by atoms with Crippen LogP contribution >= 0.6 is 0 Å². The first-order valence-corrected chi connectivity index (χ1v) is 6.31. The highest BCUT2D eigenvalue weighted by molar-refractivity contribution is 5.96. The third kappa shape index (κ3) is 3.77. The van der Waals surface area contributed by atoms with Crippen LogP contribution in [0.15, 0.2) is 24.3 Å². The van der Waals surface area contributed by atoms with Gasteiger partial charge in [-0.05, 0) is 31.5 Å². The molecule has 112 valence electrons. The first-order valence-electron chi connectivity index (χ1n) is 6.31. The maximum Gasteiger partial charge on any atom is 0.387 e. The zero-order chi connectivity index (χ0) is 15.4. The number of H-pyrrole nitrogens is 1. The van der Waals surface area contributed by atoms with Crippen molar-refractivity contribution in [2.45, 2.75) is 27.0 Å². The Morgan fingerprint density at radius 1 is 1.33 bits per heavy atom. The highest BCUT2D eigenvalue weighted by atomic mass is 19.3. The van der Waals surface area contributed by atoms with Crippen LogP contribution in [0.4, 0.5) is 8.78 Å². The average Bonchev–Trinajstić information content (AvgIpc) is 2.76. The Morgan fingerprint density at radius 3 is 2.52 bits per heavy atom. The summed E-state index contributed by atoms with van der Waals surface area (Å²) in [5.74, 6) is -0.145. The van der Waals surface area contributed by atoms with Gasteiger partial charge in [-0.3, -0.25) is 9.89 Å². The number of nitrogens with one attached hydrogen (secondary N) is 2. The quantitative estimate of drug-likeness (QED) is 0.891. The Morgan fingerprint density at radius 2 is 2.00 bits per heavy atom. The van der Waals surface area contributed by atoms with Crippen LogP contribution in [0.2, 0.25) is 0 Å². The number of ether oxygens (including phenoxy) is 1. The van der Waals surface area contributed by atoms with Gasteiger partial charge in [0.05, 0.1) is 11.3 Å². The van der Waals surface area contributed by atoms with Crippen LogP contribution in [-0.2, 0) is 6.54 Å². The van der Waals surface area contributed by atoms with E-state index in [0.29, 0.717) is 17.0 Å². The second-order valence-electron chi connectivity index (χ2n) is 4.51. The number of alkyl halides is 2. The van der Waals surface area contributed by atoms with Crippen molar-refractivity contribution in [3.8, 4) is 5.75 Å². The van der Waals surface area contributed by atoms with E-state index in [1.165, 1.54) is 12.1 Å². The predicted octanol–water partition coefficient (Wildman–Crippen LogP) is 2.56. The number of benzene rings is 1. The number of rotatable bonds is 5. The molecule has 1 aromatic carbocycles. The maximum atomic E-state index is 12.0. The minimum atomic E-state index is -2.84. The normalized spacial score (nSPS) is 10.7. The lowest BCUT2D eigenvalue weighted by Gasteiger charge is -2.07. The molecule has 0 radical (unpaired) electrons. The van der Waals surface area contributed by atoms with Crippen LogP contribution in [0.5, 0.6) is 5.75 Å². The van der Waals surface area contributed by atoms with Crippen molar-refractivity contribution in [1.29, 1.82) is 0 Å². The number of halogens is 2. The summed E-state index contributed by atoms with van der Waals surface area (Å²) >= 11 is 0. The van der Waals surface area contributed by atoms with Gasteiger partial charge < -0.3 is 10.1 Å². The molecule has 0 atom stereocenters. The fourth-order valence-corrected chi connectivity index (χ4v) is 1.94. The molecule has 0 unspecified atom stereocenters. The van der Waals surface area contributed by atoms with Gasteiger partial charge in [-0.2, -0.15) is 13.9 Å². The van der Waals surface area contributed by atoms with Crippen molar-refractivity contribution >= 4 is 5.91 Å². The first kappa shape index (κ1) is 15.0. The molecular weight excluding hydrogens is 280 g/mol. The lowest BCUT2D eigenvalue weighted by molar-refractivity contribution is -0.0498. The molecule has 1 aromatic heterocycles. The summed E-state index contributed by atoms with van der Waals surface area (Å²) in [5, 5.41) is 9.46. The molecule has 5 nitrogen and oxygen atoms in total. The topological polar surface area (TPSA) is 67.0 Å². The third-order valence-electron chi connectivity index (χ3n) is 2.96. The molecule has 7 heteroatoms. The Labute approximate surface area is 120 Å². The smallest absolute Gasteiger partial charge is 0.387 e. The van der Waals surface area contributed by atoms with Gasteiger partial charge in [-0.15, -0.1) is 0 Å². The summed E-state index contributed by atoms with van der Waals surface area (Å²) in [6.07, 6.45) is 0. The molecule has 0 aliphatic heterocycles. The zero-order valence-electron chi connectivity index (χ0n) is 11.6. The van der Waals surface area contributed by atoms with Gasteiger partial charge in [-0.1, -0.05) is 12.1 Å². The van der Waals surface area contributed by atoms with Crippen LogP contribution in [0.1, 0.15) is 27.3 Å². The number of nitrogens with zero attached hydrogens (tertiary/aromatic N) is 1. The van der Waals surface area contributed by atoms with Gasteiger partial charge in [0.15, 0.2) is 0 Å². The first-order chi connectivity index (χ1) is 9.97. The van der Waals surface area contributed by atoms with E-state index in [0.717, 1.165) is 5.56 Å².